The van der Waals surface area contributed by atoms with Crippen molar-refractivity contribution in [1.29, 1.82) is 0 Å². The Morgan fingerprint density at radius 2 is 2.00 bits per heavy atom. The topological polar surface area (TPSA) is 49.7 Å². The Hall–Kier alpha value is -1.90. The predicted molar refractivity (Wildman–Crippen MR) is 53.4 cm³/mol. The zero-order chi connectivity index (χ0) is 10.0. The van der Waals surface area contributed by atoms with Crippen LogP contribution in [0.5, 0.6) is 0 Å². The minimum Gasteiger partial charge on any atom is -0.479 e. The number of aliphatic imine (C=N–C) groups is 1. The Labute approximate surface area is 81.4 Å². The van der Waals surface area contributed by atoms with E-state index in [1.807, 2.05) is 18.2 Å². The van der Waals surface area contributed by atoms with Gasteiger partial charge in [0.2, 0.25) is 5.54 Å². The van der Waals surface area contributed by atoms with E-state index in [-0.39, 0.29) is 0 Å². The number of hydrogen-bond acceptors (Lipinski definition) is 2. The number of hydrogen-bond donors (Lipinski definition) is 1. The van der Waals surface area contributed by atoms with E-state index in [4.69, 9.17) is 5.11 Å². The third-order valence-electron chi connectivity index (χ3n) is 2.24. The standard InChI is InChI=1S/C11H9NO2/c13-10(14)11(7-4-8-12-11)9-5-2-1-3-6-9/h1-8H,(H,13,14). The van der Waals surface area contributed by atoms with E-state index in [2.05, 4.69) is 4.99 Å². The smallest absolute Gasteiger partial charge is 0.340 e. The van der Waals surface area contributed by atoms with Crippen molar-refractivity contribution >= 4 is 12.2 Å². The van der Waals surface area contributed by atoms with Crippen LogP contribution in [0.1, 0.15) is 5.56 Å². The summed E-state index contributed by atoms with van der Waals surface area (Å²) in [5.41, 5.74) is -0.529. The average Bonchev–Trinajstić information content (AvgIpc) is 2.69. The maximum atomic E-state index is 11.2. The molecule has 1 unspecified atom stereocenters. The van der Waals surface area contributed by atoms with Crippen LogP contribution in [0, 0.1) is 0 Å². The molecule has 1 heterocycles. The van der Waals surface area contributed by atoms with Crippen LogP contribution in [0.15, 0.2) is 47.5 Å². The Kier molecular flexibility index (Phi) is 1.93. The van der Waals surface area contributed by atoms with Gasteiger partial charge < -0.3 is 5.11 Å². The molecule has 0 fully saturated rings. The van der Waals surface area contributed by atoms with E-state index in [9.17, 15) is 4.79 Å². The first kappa shape index (κ1) is 8.69. The lowest BCUT2D eigenvalue weighted by atomic mass is 9.91. The monoisotopic (exact) mass is 187 g/mol. The van der Waals surface area contributed by atoms with E-state index < -0.39 is 11.5 Å². The summed E-state index contributed by atoms with van der Waals surface area (Å²) in [4.78, 5) is 15.2. The van der Waals surface area contributed by atoms with Crippen molar-refractivity contribution in [1.82, 2.24) is 0 Å². The third-order valence-corrected chi connectivity index (χ3v) is 2.24. The molecule has 1 N–H and O–H groups in total. The van der Waals surface area contributed by atoms with Gasteiger partial charge in [-0.1, -0.05) is 30.3 Å². The Morgan fingerprint density at radius 3 is 2.50 bits per heavy atom. The summed E-state index contributed by atoms with van der Waals surface area (Å²) in [5.74, 6) is -0.950. The summed E-state index contributed by atoms with van der Waals surface area (Å²) >= 11 is 0. The SMILES string of the molecule is O=C(O)C1(c2ccccc2)C=CC=N1. The first-order chi connectivity index (χ1) is 6.76. The van der Waals surface area contributed by atoms with Crippen molar-refractivity contribution in [2.75, 3.05) is 0 Å². The van der Waals surface area contributed by atoms with Crippen molar-refractivity contribution in [3.05, 3.63) is 48.0 Å². The molecule has 0 bridgehead atoms. The molecular weight excluding hydrogens is 178 g/mol. The summed E-state index contributed by atoms with van der Waals surface area (Å²) in [6.07, 6.45) is 4.76. The molecule has 0 aliphatic carbocycles. The second-order valence-corrected chi connectivity index (χ2v) is 3.07. The summed E-state index contributed by atoms with van der Waals surface area (Å²) in [5, 5.41) is 9.15. The van der Waals surface area contributed by atoms with Crippen LogP contribution in [-0.2, 0) is 10.3 Å². The fourth-order valence-corrected chi connectivity index (χ4v) is 1.50. The van der Waals surface area contributed by atoms with Gasteiger partial charge in [-0.15, -0.1) is 0 Å². The van der Waals surface area contributed by atoms with Gasteiger partial charge in [-0.2, -0.15) is 0 Å². The summed E-state index contributed by atoms with van der Waals surface area (Å²) in [6.45, 7) is 0. The maximum absolute atomic E-state index is 11.2. The molecule has 3 nitrogen and oxygen atoms in total. The van der Waals surface area contributed by atoms with Gasteiger partial charge >= 0.3 is 5.97 Å². The predicted octanol–water partition coefficient (Wildman–Crippen LogP) is 1.61. The van der Waals surface area contributed by atoms with Gasteiger partial charge in [0.1, 0.15) is 0 Å². The molecule has 0 spiro atoms. The maximum Gasteiger partial charge on any atom is 0.340 e. The lowest BCUT2D eigenvalue weighted by molar-refractivity contribution is -0.141. The molecule has 0 radical (unpaired) electrons. The minimum absolute atomic E-state index is 0.678. The van der Waals surface area contributed by atoms with Crippen molar-refractivity contribution in [3.63, 3.8) is 0 Å². The van der Waals surface area contributed by atoms with E-state index >= 15 is 0 Å². The van der Waals surface area contributed by atoms with E-state index in [0.29, 0.717) is 5.56 Å². The largest absolute Gasteiger partial charge is 0.479 e. The number of benzene rings is 1. The molecule has 3 heteroatoms. The molecule has 1 aliphatic heterocycles. The fraction of sp³-hybridized carbons (Fsp3) is 0.0909. The molecule has 2 rings (SSSR count). The van der Waals surface area contributed by atoms with Gasteiger partial charge in [-0.3, -0.25) is 4.99 Å². The Morgan fingerprint density at radius 1 is 1.29 bits per heavy atom. The zero-order valence-electron chi connectivity index (χ0n) is 7.42. The lowest BCUT2D eigenvalue weighted by Crippen LogP contribution is -2.29. The highest BCUT2D eigenvalue weighted by molar-refractivity contribution is 5.91. The molecule has 1 aromatic carbocycles. The molecule has 0 saturated heterocycles. The van der Waals surface area contributed by atoms with Crippen molar-refractivity contribution in [2.45, 2.75) is 5.54 Å². The Balaban J connectivity index is 2.54. The normalized spacial score (nSPS) is 24.0. The van der Waals surface area contributed by atoms with Crippen LogP contribution in [-0.4, -0.2) is 17.3 Å². The molecule has 14 heavy (non-hydrogen) atoms. The minimum atomic E-state index is -1.21. The van der Waals surface area contributed by atoms with E-state index in [0.717, 1.165) is 0 Å². The molecule has 0 aromatic heterocycles. The second-order valence-electron chi connectivity index (χ2n) is 3.07. The first-order valence-electron chi connectivity index (χ1n) is 4.28. The van der Waals surface area contributed by atoms with Crippen LogP contribution in [0.3, 0.4) is 0 Å². The van der Waals surface area contributed by atoms with Gasteiger partial charge in [-0.05, 0) is 17.7 Å². The molecule has 1 aromatic rings. The number of carboxylic acid groups (broad SMARTS) is 1. The van der Waals surface area contributed by atoms with Crippen LogP contribution < -0.4 is 0 Å². The van der Waals surface area contributed by atoms with Crippen molar-refractivity contribution in [3.8, 4) is 0 Å². The van der Waals surface area contributed by atoms with E-state index in [1.165, 1.54) is 6.21 Å². The van der Waals surface area contributed by atoms with Crippen LogP contribution in [0.2, 0.25) is 0 Å². The van der Waals surface area contributed by atoms with Gasteiger partial charge in [-0.25, -0.2) is 4.79 Å². The number of rotatable bonds is 2. The molecule has 0 saturated carbocycles. The number of aliphatic carboxylic acids is 1. The quantitative estimate of drug-likeness (QED) is 0.764. The van der Waals surface area contributed by atoms with Crippen LogP contribution in [0.25, 0.3) is 0 Å². The highest BCUT2D eigenvalue weighted by atomic mass is 16.4. The van der Waals surface area contributed by atoms with Gasteiger partial charge in [0, 0.05) is 6.21 Å². The van der Waals surface area contributed by atoms with Gasteiger partial charge in [0.05, 0.1) is 0 Å². The van der Waals surface area contributed by atoms with Crippen molar-refractivity contribution < 1.29 is 9.90 Å². The Bertz CT molecular complexity index is 395. The van der Waals surface area contributed by atoms with Gasteiger partial charge in [0.25, 0.3) is 0 Å². The van der Waals surface area contributed by atoms with Crippen molar-refractivity contribution in [2.24, 2.45) is 4.99 Å². The second kappa shape index (κ2) is 3.10. The summed E-state index contributed by atoms with van der Waals surface area (Å²) in [6, 6.07) is 8.99. The average molecular weight is 187 g/mol. The third kappa shape index (κ3) is 1.14. The fourth-order valence-electron chi connectivity index (χ4n) is 1.50. The number of allylic oxidation sites excluding steroid dienone is 1. The summed E-state index contributed by atoms with van der Waals surface area (Å²) in [7, 11) is 0. The molecule has 1 aliphatic rings. The van der Waals surface area contributed by atoms with Crippen LogP contribution >= 0.6 is 0 Å². The van der Waals surface area contributed by atoms with Crippen LogP contribution in [0.4, 0.5) is 0 Å². The highest BCUT2D eigenvalue weighted by Gasteiger charge is 2.38. The number of nitrogens with zero attached hydrogens (tertiary/aromatic N) is 1. The first-order valence-corrected chi connectivity index (χ1v) is 4.28. The molecule has 1 atom stereocenters. The highest BCUT2D eigenvalue weighted by Crippen LogP contribution is 2.30. The summed E-state index contributed by atoms with van der Waals surface area (Å²) < 4.78 is 0. The molecular formula is C11H9NO2. The van der Waals surface area contributed by atoms with E-state index in [1.54, 1.807) is 24.3 Å². The number of carboxylic acids is 1. The zero-order valence-corrected chi connectivity index (χ0v) is 7.42. The lowest BCUT2D eigenvalue weighted by Gasteiger charge is -2.18. The molecule has 0 amide bonds. The molecule has 70 valence electrons. The van der Waals surface area contributed by atoms with Gasteiger partial charge in [0.15, 0.2) is 0 Å². The number of carbonyl (C=O) groups is 1.